The largest absolute Gasteiger partial charge is 0.501 e. The van der Waals surface area contributed by atoms with E-state index in [1.807, 2.05) is 19.9 Å². The third kappa shape index (κ3) is 5.44. The second-order valence-corrected chi connectivity index (χ2v) is 1.83. The van der Waals surface area contributed by atoms with Crippen molar-refractivity contribution in [2.75, 3.05) is 6.61 Å². The molecule has 0 aromatic rings. The maximum absolute atomic E-state index is 5.36. The number of hydrogen-bond acceptors (Lipinski definition) is 1. The maximum Gasteiger partial charge on any atom is 0.0845 e. The predicted octanol–water partition coefficient (Wildman–Crippen LogP) is 2.68. The van der Waals surface area contributed by atoms with Crippen LogP contribution in [0.5, 0.6) is 0 Å². The van der Waals surface area contributed by atoms with Crippen molar-refractivity contribution in [2.24, 2.45) is 0 Å². The maximum atomic E-state index is 5.36. The van der Waals surface area contributed by atoms with E-state index in [4.69, 9.17) is 16.3 Å². The molecule has 0 aromatic carbocycles. The average molecular weight is 147 g/mol. The quantitative estimate of drug-likeness (QED) is 0.440. The summed E-state index contributed by atoms with van der Waals surface area (Å²) in [6.45, 7) is 4.54. The number of ether oxygens (including phenoxy) is 1. The van der Waals surface area contributed by atoms with Crippen molar-refractivity contribution >= 4 is 11.6 Å². The lowest BCUT2D eigenvalue weighted by Crippen LogP contribution is -1.76. The van der Waals surface area contributed by atoms with Gasteiger partial charge in [0.2, 0.25) is 0 Å². The summed E-state index contributed by atoms with van der Waals surface area (Å²) in [4.78, 5) is 0. The highest BCUT2D eigenvalue weighted by Crippen LogP contribution is 1.96. The molecule has 1 nitrogen and oxygen atoms in total. The summed E-state index contributed by atoms with van der Waals surface area (Å²) in [6, 6.07) is 0. The summed E-state index contributed by atoms with van der Waals surface area (Å²) in [5.41, 5.74) is 2.50. The standard InChI is InChI=1S/C7H11ClO/c1-3-9-5-4-7(2)6-8/h4-6H,3H2,1-2H3/b5-4+,7-6+. The van der Waals surface area contributed by atoms with Crippen LogP contribution in [0, 0.1) is 0 Å². The Morgan fingerprint density at radius 2 is 2.33 bits per heavy atom. The molecule has 0 aliphatic heterocycles. The molecular weight excluding hydrogens is 136 g/mol. The van der Waals surface area contributed by atoms with Crippen LogP contribution < -0.4 is 0 Å². The smallest absolute Gasteiger partial charge is 0.0845 e. The van der Waals surface area contributed by atoms with Gasteiger partial charge in [-0.15, -0.1) is 0 Å². The van der Waals surface area contributed by atoms with E-state index < -0.39 is 0 Å². The van der Waals surface area contributed by atoms with Gasteiger partial charge in [0.15, 0.2) is 0 Å². The van der Waals surface area contributed by atoms with Gasteiger partial charge in [-0.3, -0.25) is 0 Å². The number of hydrogen-bond donors (Lipinski definition) is 0. The summed E-state index contributed by atoms with van der Waals surface area (Å²) >= 11 is 5.36. The molecule has 0 fully saturated rings. The molecule has 52 valence electrons. The second-order valence-electron chi connectivity index (χ2n) is 1.61. The zero-order valence-electron chi connectivity index (χ0n) is 5.73. The van der Waals surface area contributed by atoms with Gasteiger partial charge >= 0.3 is 0 Å². The molecule has 0 atom stereocenters. The van der Waals surface area contributed by atoms with Gasteiger partial charge in [0.05, 0.1) is 12.9 Å². The number of halogens is 1. The minimum Gasteiger partial charge on any atom is -0.501 e. The first-order valence-corrected chi connectivity index (χ1v) is 3.30. The Bertz CT molecular complexity index is 116. The fourth-order valence-corrected chi connectivity index (χ4v) is 0.361. The molecule has 0 aromatic heterocycles. The summed E-state index contributed by atoms with van der Waals surface area (Å²) in [7, 11) is 0. The van der Waals surface area contributed by atoms with Crippen LogP contribution in [0.25, 0.3) is 0 Å². The first-order chi connectivity index (χ1) is 4.31. The van der Waals surface area contributed by atoms with Crippen molar-refractivity contribution in [3.05, 3.63) is 23.4 Å². The van der Waals surface area contributed by atoms with Crippen molar-refractivity contribution in [3.8, 4) is 0 Å². The summed E-state index contributed by atoms with van der Waals surface area (Å²) in [5, 5.41) is 0. The molecule has 0 unspecified atom stereocenters. The molecule has 0 saturated carbocycles. The fourth-order valence-electron chi connectivity index (χ4n) is 0.288. The van der Waals surface area contributed by atoms with Gasteiger partial charge in [-0.2, -0.15) is 0 Å². The minimum absolute atomic E-state index is 0.700. The van der Waals surface area contributed by atoms with E-state index in [0.717, 1.165) is 5.57 Å². The molecule has 2 heteroatoms. The molecule has 0 radical (unpaired) electrons. The molecule has 0 heterocycles. The van der Waals surface area contributed by atoms with Crippen LogP contribution in [-0.4, -0.2) is 6.61 Å². The second kappa shape index (κ2) is 5.70. The highest BCUT2D eigenvalue weighted by Gasteiger charge is 1.75. The van der Waals surface area contributed by atoms with Gasteiger partial charge in [-0.05, 0) is 25.5 Å². The van der Waals surface area contributed by atoms with Gasteiger partial charge in [0.25, 0.3) is 0 Å². The van der Waals surface area contributed by atoms with Crippen LogP contribution in [0.15, 0.2) is 23.4 Å². The molecule has 0 saturated heterocycles. The molecular formula is C7H11ClO. The highest BCUT2D eigenvalue weighted by molar-refractivity contribution is 6.25. The van der Waals surface area contributed by atoms with Crippen molar-refractivity contribution in [1.82, 2.24) is 0 Å². The lowest BCUT2D eigenvalue weighted by atomic mass is 10.3. The Labute approximate surface area is 61.0 Å². The normalized spacial score (nSPS) is 12.6. The molecule has 0 rings (SSSR count). The van der Waals surface area contributed by atoms with Gasteiger partial charge < -0.3 is 4.74 Å². The Kier molecular flexibility index (Phi) is 5.43. The first-order valence-electron chi connectivity index (χ1n) is 2.86. The van der Waals surface area contributed by atoms with Crippen LogP contribution in [0.4, 0.5) is 0 Å². The molecule has 0 N–H and O–H groups in total. The SMILES string of the molecule is CCO/C=C/C(C)=C/Cl. The van der Waals surface area contributed by atoms with Crippen LogP contribution in [-0.2, 0) is 4.74 Å². The number of rotatable bonds is 3. The van der Waals surface area contributed by atoms with E-state index in [1.165, 1.54) is 5.54 Å². The van der Waals surface area contributed by atoms with E-state index in [-0.39, 0.29) is 0 Å². The van der Waals surface area contributed by atoms with Crippen molar-refractivity contribution in [3.63, 3.8) is 0 Å². The highest BCUT2D eigenvalue weighted by atomic mass is 35.5. The number of allylic oxidation sites excluding steroid dienone is 2. The Morgan fingerprint density at radius 1 is 1.67 bits per heavy atom. The zero-order valence-corrected chi connectivity index (χ0v) is 6.48. The van der Waals surface area contributed by atoms with E-state index in [2.05, 4.69) is 0 Å². The van der Waals surface area contributed by atoms with E-state index >= 15 is 0 Å². The lowest BCUT2D eigenvalue weighted by molar-refractivity contribution is 0.269. The Hall–Kier alpha value is -0.430. The molecule has 0 amide bonds. The van der Waals surface area contributed by atoms with Crippen molar-refractivity contribution in [2.45, 2.75) is 13.8 Å². The van der Waals surface area contributed by atoms with Crippen LogP contribution in [0.2, 0.25) is 0 Å². The molecule has 9 heavy (non-hydrogen) atoms. The molecule has 0 aliphatic carbocycles. The average Bonchev–Trinajstić information content (AvgIpc) is 1.89. The van der Waals surface area contributed by atoms with Gasteiger partial charge in [-0.1, -0.05) is 11.6 Å². The lowest BCUT2D eigenvalue weighted by Gasteiger charge is -1.90. The minimum atomic E-state index is 0.700. The van der Waals surface area contributed by atoms with Crippen molar-refractivity contribution in [1.29, 1.82) is 0 Å². The molecule has 0 aliphatic rings. The Balaban J connectivity index is 3.45. The monoisotopic (exact) mass is 146 g/mol. The third-order valence-electron chi connectivity index (χ3n) is 0.766. The van der Waals surface area contributed by atoms with Crippen LogP contribution in [0.1, 0.15) is 13.8 Å². The fraction of sp³-hybridized carbons (Fsp3) is 0.429. The first kappa shape index (κ1) is 8.57. The summed E-state index contributed by atoms with van der Waals surface area (Å²) < 4.78 is 4.93. The van der Waals surface area contributed by atoms with Gasteiger partial charge in [0.1, 0.15) is 0 Å². The van der Waals surface area contributed by atoms with E-state index in [0.29, 0.717) is 6.61 Å². The van der Waals surface area contributed by atoms with Crippen molar-refractivity contribution < 1.29 is 4.74 Å². The van der Waals surface area contributed by atoms with Gasteiger partial charge in [0, 0.05) is 5.54 Å². The van der Waals surface area contributed by atoms with E-state index in [9.17, 15) is 0 Å². The van der Waals surface area contributed by atoms with Gasteiger partial charge in [-0.25, -0.2) is 0 Å². The zero-order chi connectivity index (χ0) is 7.11. The Morgan fingerprint density at radius 3 is 2.78 bits per heavy atom. The van der Waals surface area contributed by atoms with E-state index in [1.54, 1.807) is 6.26 Å². The summed E-state index contributed by atoms with van der Waals surface area (Å²) in [5.74, 6) is 0. The van der Waals surface area contributed by atoms with Crippen LogP contribution >= 0.6 is 11.6 Å². The topological polar surface area (TPSA) is 9.23 Å². The molecule has 0 bridgehead atoms. The summed E-state index contributed by atoms with van der Waals surface area (Å²) in [6.07, 6.45) is 3.45. The van der Waals surface area contributed by atoms with Crippen LogP contribution in [0.3, 0.4) is 0 Å². The third-order valence-corrected chi connectivity index (χ3v) is 1.11. The molecule has 0 spiro atoms. The predicted molar refractivity (Wildman–Crippen MR) is 40.4 cm³/mol.